The number of rotatable bonds is 4. The number of phenols is 1. The van der Waals surface area contributed by atoms with E-state index < -0.39 is 5.97 Å². The second-order valence-electron chi connectivity index (χ2n) is 3.10. The van der Waals surface area contributed by atoms with Crippen molar-refractivity contribution < 1.29 is 19.4 Å². The molecule has 0 unspecified atom stereocenters. The summed E-state index contributed by atoms with van der Waals surface area (Å²) < 4.78 is 9.85. The van der Waals surface area contributed by atoms with Gasteiger partial charge < -0.3 is 14.6 Å². The molecular formula is C11H14O4. The normalized spacial score (nSPS) is 9.73. The highest BCUT2D eigenvalue weighted by Gasteiger charge is 2.04. The Morgan fingerprint density at radius 2 is 2.13 bits per heavy atom. The first-order chi connectivity index (χ1) is 7.11. The van der Waals surface area contributed by atoms with Crippen LogP contribution in [-0.4, -0.2) is 24.3 Å². The molecule has 0 atom stereocenters. The van der Waals surface area contributed by atoms with Crippen molar-refractivity contribution in [1.82, 2.24) is 0 Å². The first-order valence-corrected chi connectivity index (χ1v) is 4.71. The minimum Gasteiger partial charge on any atom is -0.508 e. The third-order valence-corrected chi connectivity index (χ3v) is 1.70. The Morgan fingerprint density at radius 3 is 2.73 bits per heavy atom. The molecule has 0 aliphatic carbocycles. The minimum absolute atomic E-state index is 0.119. The zero-order valence-electron chi connectivity index (χ0n) is 8.82. The summed E-state index contributed by atoms with van der Waals surface area (Å²) in [4.78, 5) is 11.0. The molecule has 0 radical (unpaired) electrons. The third-order valence-electron chi connectivity index (χ3n) is 1.70. The lowest BCUT2D eigenvalue weighted by atomic mass is 10.2. The van der Waals surface area contributed by atoms with E-state index in [2.05, 4.69) is 0 Å². The quantitative estimate of drug-likeness (QED) is 0.767. The highest BCUT2D eigenvalue weighted by Crippen LogP contribution is 2.20. The summed E-state index contributed by atoms with van der Waals surface area (Å²) in [5, 5.41) is 9.27. The summed E-state index contributed by atoms with van der Waals surface area (Å²) in [6.07, 6.45) is 0. The molecule has 0 aliphatic heterocycles. The van der Waals surface area contributed by atoms with Crippen LogP contribution in [0.2, 0.25) is 0 Å². The van der Waals surface area contributed by atoms with Crippen LogP contribution in [0, 0.1) is 6.92 Å². The zero-order valence-corrected chi connectivity index (χ0v) is 8.82. The van der Waals surface area contributed by atoms with E-state index in [1.54, 1.807) is 19.1 Å². The Morgan fingerprint density at radius 1 is 1.40 bits per heavy atom. The van der Waals surface area contributed by atoms with E-state index >= 15 is 0 Å². The van der Waals surface area contributed by atoms with Crippen LogP contribution in [-0.2, 0) is 9.53 Å². The molecule has 0 amide bonds. The number of carbonyl (C=O) groups is 1. The monoisotopic (exact) mass is 210 g/mol. The van der Waals surface area contributed by atoms with Crippen LogP contribution in [0.15, 0.2) is 18.2 Å². The smallest absolute Gasteiger partial charge is 0.344 e. The second kappa shape index (κ2) is 5.24. The molecule has 4 nitrogen and oxygen atoms in total. The van der Waals surface area contributed by atoms with Gasteiger partial charge in [0, 0.05) is 6.07 Å². The number of aromatic hydroxyl groups is 1. The molecule has 1 rings (SSSR count). The maximum Gasteiger partial charge on any atom is 0.344 e. The number of carbonyl (C=O) groups excluding carboxylic acids is 1. The van der Waals surface area contributed by atoms with Gasteiger partial charge in [0.15, 0.2) is 6.61 Å². The molecule has 0 heterocycles. The van der Waals surface area contributed by atoms with Gasteiger partial charge in [-0.25, -0.2) is 4.79 Å². The summed E-state index contributed by atoms with van der Waals surface area (Å²) in [6.45, 7) is 3.76. The molecule has 0 fully saturated rings. The van der Waals surface area contributed by atoms with Crippen LogP contribution >= 0.6 is 0 Å². The molecule has 1 aromatic rings. The fourth-order valence-corrected chi connectivity index (χ4v) is 1.16. The van der Waals surface area contributed by atoms with Crippen LogP contribution in [0.25, 0.3) is 0 Å². The zero-order chi connectivity index (χ0) is 11.3. The lowest BCUT2D eigenvalue weighted by Gasteiger charge is -2.06. The van der Waals surface area contributed by atoms with Crippen molar-refractivity contribution in [3.8, 4) is 11.5 Å². The molecule has 1 aromatic carbocycles. The van der Waals surface area contributed by atoms with E-state index in [0.29, 0.717) is 12.4 Å². The Hall–Kier alpha value is -1.71. The average Bonchev–Trinajstić information content (AvgIpc) is 2.14. The highest BCUT2D eigenvalue weighted by molar-refractivity contribution is 5.71. The van der Waals surface area contributed by atoms with Crippen molar-refractivity contribution in [2.75, 3.05) is 13.2 Å². The van der Waals surface area contributed by atoms with E-state index in [4.69, 9.17) is 9.47 Å². The number of esters is 1. The van der Waals surface area contributed by atoms with Gasteiger partial charge in [-0.1, -0.05) is 0 Å². The number of hydrogen-bond acceptors (Lipinski definition) is 4. The first-order valence-electron chi connectivity index (χ1n) is 4.71. The van der Waals surface area contributed by atoms with Crippen LogP contribution in [0.4, 0.5) is 0 Å². The standard InChI is InChI=1S/C11H14O4/c1-3-14-11(13)7-15-10-5-8(2)4-9(12)6-10/h4-6,12H,3,7H2,1-2H3. The molecular weight excluding hydrogens is 196 g/mol. The van der Waals surface area contributed by atoms with Crippen LogP contribution in [0.1, 0.15) is 12.5 Å². The van der Waals surface area contributed by atoms with Gasteiger partial charge in [-0.15, -0.1) is 0 Å². The van der Waals surface area contributed by atoms with Gasteiger partial charge in [-0.05, 0) is 31.5 Å². The average molecular weight is 210 g/mol. The Kier molecular flexibility index (Phi) is 3.97. The summed E-state index contributed by atoms with van der Waals surface area (Å²) >= 11 is 0. The lowest BCUT2D eigenvalue weighted by Crippen LogP contribution is -2.14. The molecule has 0 aromatic heterocycles. The highest BCUT2D eigenvalue weighted by atomic mass is 16.6. The number of ether oxygens (including phenoxy) is 2. The van der Waals surface area contributed by atoms with E-state index in [1.165, 1.54) is 6.07 Å². The Balaban J connectivity index is 2.54. The molecule has 0 saturated carbocycles. The van der Waals surface area contributed by atoms with Gasteiger partial charge in [-0.3, -0.25) is 0 Å². The minimum atomic E-state index is -0.418. The first kappa shape index (κ1) is 11.4. The summed E-state index contributed by atoms with van der Waals surface area (Å²) in [6, 6.07) is 4.79. The van der Waals surface area contributed by atoms with Crippen LogP contribution in [0.3, 0.4) is 0 Å². The van der Waals surface area contributed by atoms with E-state index in [0.717, 1.165) is 5.56 Å². The maximum atomic E-state index is 11.0. The van der Waals surface area contributed by atoms with E-state index in [-0.39, 0.29) is 12.4 Å². The lowest BCUT2D eigenvalue weighted by molar-refractivity contribution is -0.145. The van der Waals surface area contributed by atoms with Crippen molar-refractivity contribution in [3.63, 3.8) is 0 Å². The topological polar surface area (TPSA) is 55.8 Å². The number of aryl methyl sites for hydroxylation is 1. The summed E-state index contributed by atoms with van der Waals surface area (Å²) in [5.74, 6) is 0.160. The molecule has 0 saturated heterocycles. The third kappa shape index (κ3) is 3.89. The second-order valence-corrected chi connectivity index (χ2v) is 3.10. The van der Waals surface area contributed by atoms with Gasteiger partial charge in [0.25, 0.3) is 0 Å². The SMILES string of the molecule is CCOC(=O)COc1cc(C)cc(O)c1. The molecule has 0 aliphatic rings. The fraction of sp³-hybridized carbons (Fsp3) is 0.364. The predicted molar refractivity (Wildman–Crippen MR) is 55.0 cm³/mol. The molecule has 4 heteroatoms. The number of phenolic OH excluding ortho intramolecular Hbond substituents is 1. The summed E-state index contributed by atoms with van der Waals surface area (Å²) in [7, 11) is 0. The van der Waals surface area contributed by atoms with E-state index in [1.807, 2.05) is 6.92 Å². The van der Waals surface area contributed by atoms with Crippen LogP contribution < -0.4 is 4.74 Å². The Bertz CT molecular complexity index is 326. The van der Waals surface area contributed by atoms with Crippen molar-refractivity contribution in [1.29, 1.82) is 0 Å². The number of benzene rings is 1. The van der Waals surface area contributed by atoms with Crippen molar-refractivity contribution in [2.45, 2.75) is 13.8 Å². The molecule has 82 valence electrons. The molecule has 0 bridgehead atoms. The Labute approximate surface area is 88.4 Å². The maximum absolute atomic E-state index is 11.0. The van der Waals surface area contributed by atoms with Gasteiger partial charge in [0.1, 0.15) is 11.5 Å². The fourth-order valence-electron chi connectivity index (χ4n) is 1.16. The van der Waals surface area contributed by atoms with Crippen molar-refractivity contribution in [3.05, 3.63) is 23.8 Å². The molecule has 1 N–H and O–H groups in total. The van der Waals surface area contributed by atoms with Gasteiger partial charge in [0.05, 0.1) is 6.61 Å². The number of hydrogen-bond donors (Lipinski definition) is 1. The van der Waals surface area contributed by atoms with Gasteiger partial charge >= 0.3 is 5.97 Å². The summed E-state index contributed by atoms with van der Waals surface area (Å²) in [5.41, 5.74) is 0.869. The van der Waals surface area contributed by atoms with E-state index in [9.17, 15) is 9.90 Å². The van der Waals surface area contributed by atoms with Crippen LogP contribution in [0.5, 0.6) is 11.5 Å². The predicted octanol–water partition coefficient (Wildman–Crippen LogP) is 1.64. The largest absolute Gasteiger partial charge is 0.508 e. The van der Waals surface area contributed by atoms with Crippen molar-refractivity contribution >= 4 is 5.97 Å². The molecule has 15 heavy (non-hydrogen) atoms. The van der Waals surface area contributed by atoms with Crippen molar-refractivity contribution in [2.24, 2.45) is 0 Å². The van der Waals surface area contributed by atoms with Gasteiger partial charge in [0.2, 0.25) is 0 Å². The van der Waals surface area contributed by atoms with Gasteiger partial charge in [-0.2, -0.15) is 0 Å². The molecule has 0 spiro atoms.